The van der Waals surface area contributed by atoms with Gasteiger partial charge in [0.05, 0.1) is 16.3 Å². The van der Waals surface area contributed by atoms with Crippen molar-refractivity contribution < 1.29 is 4.79 Å². The molecule has 1 aromatic rings. The van der Waals surface area contributed by atoms with Gasteiger partial charge in [-0.2, -0.15) is 0 Å². The molecule has 0 atom stereocenters. The van der Waals surface area contributed by atoms with Gasteiger partial charge in [-0.3, -0.25) is 4.79 Å². The van der Waals surface area contributed by atoms with Gasteiger partial charge in [-0.15, -0.1) is 0 Å². The van der Waals surface area contributed by atoms with Crippen molar-refractivity contribution in [2.45, 2.75) is 0 Å². The summed E-state index contributed by atoms with van der Waals surface area (Å²) in [5.41, 5.74) is 5.74. The summed E-state index contributed by atoms with van der Waals surface area (Å²) in [4.78, 5) is 10.7. The molecule has 0 fully saturated rings. The van der Waals surface area contributed by atoms with Crippen LogP contribution in [-0.4, -0.2) is 5.24 Å². The predicted octanol–water partition coefficient (Wildman–Crippen LogP) is 2.95. The molecular formula is C7H4Cl3NO. The molecule has 2 N–H and O–H groups in total. The third kappa shape index (κ3) is 1.83. The van der Waals surface area contributed by atoms with Gasteiger partial charge < -0.3 is 5.73 Å². The molecule has 0 aromatic heterocycles. The van der Waals surface area contributed by atoms with Crippen molar-refractivity contribution in [3.05, 3.63) is 27.7 Å². The van der Waals surface area contributed by atoms with E-state index in [2.05, 4.69) is 0 Å². The summed E-state index contributed by atoms with van der Waals surface area (Å²) in [5.74, 6) is 0. The zero-order valence-electron chi connectivity index (χ0n) is 5.77. The van der Waals surface area contributed by atoms with Gasteiger partial charge in [0, 0.05) is 5.02 Å². The predicted molar refractivity (Wildman–Crippen MR) is 51.1 cm³/mol. The van der Waals surface area contributed by atoms with Gasteiger partial charge >= 0.3 is 0 Å². The number of rotatable bonds is 1. The minimum Gasteiger partial charge on any atom is -0.397 e. The molecule has 1 rings (SSSR count). The van der Waals surface area contributed by atoms with E-state index in [1.807, 2.05) is 0 Å². The quantitative estimate of drug-likeness (QED) is 0.589. The molecular weight excluding hydrogens is 220 g/mol. The topological polar surface area (TPSA) is 43.1 Å². The maximum absolute atomic E-state index is 10.7. The van der Waals surface area contributed by atoms with Gasteiger partial charge in [0.2, 0.25) is 0 Å². The van der Waals surface area contributed by atoms with Crippen LogP contribution in [0.5, 0.6) is 0 Å². The molecule has 0 saturated heterocycles. The highest BCUT2D eigenvalue weighted by Crippen LogP contribution is 2.28. The molecule has 64 valence electrons. The lowest BCUT2D eigenvalue weighted by atomic mass is 10.2. The zero-order valence-corrected chi connectivity index (χ0v) is 8.04. The van der Waals surface area contributed by atoms with Crippen molar-refractivity contribution in [1.29, 1.82) is 0 Å². The summed E-state index contributed by atoms with van der Waals surface area (Å²) in [6.07, 6.45) is 0. The van der Waals surface area contributed by atoms with Crippen LogP contribution >= 0.6 is 34.8 Å². The molecule has 0 radical (unpaired) electrons. The van der Waals surface area contributed by atoms with Crippen LogP contribution in [-0.2, 0) is 0 Å². The Balaban J connectivity index is 3.37. The van der Waals surface area contributed by atoms with Crippen LogP contribution in [0.4, 0.5) is 5.69 Å². The van der Waals surface area contributed by atoms with E-state index in [9.17, 15) is 4.79 Å². The van der Waals surface area contributed by atoms with E-state index in [1.165, 1.54) is 12.1 Å². The van der Waals surface area contributed by atoms with E-state index < -0.39 is 5.24 Å². The Morgan fingerprint density at radius 1 is 1.33 bits per heavy atom. The van der Waals surface area contributed by atoms with Crippen LogP contribution in [0.25, 0.3) is 0 Å². The summed E-state index contributed by atoms with van der Waals surface area (Å²) in [5, 5.41) is -0.110. The van der Waals surface area contributed by atoms with Crippen molar-refractivity contribution >= 4 is 45.7 Å². The minimum absolute atomic E-state index is 0.133. The summed E-state index contributed by atoms with van der Waals surface area (Å²) in [7, 11) is 0. The first-order valence-electron chi connectivity index (χ1n) is 2.96. The third-order valence-electron chi connectivity index (χ3n) is 1.31. The fraction of sp³-hybridized carbons (Fsp3) is 0. The van der Waals surface area contributed by atoms with E-state index in [0.29, 0.717) is 5.02 Å². The SMILES string of the molecule is Nc1c(Cl)cc(Cl)cc1C(=O)Cl. The normalized spacial score (nSPS) is 9.92. The van der Waals surface area contributed by atoms with Crippen LogP contribution in [0.1, 0.15) is 10.4 Å². The van der Waals surface area contributed by atoms with Crippen molar-refractivity contribution in [1.82, 2.24) is 0 Å². The molecule has 0 aliphatic rings. The average Bonchev–Trinajstić information content (AvgIpc) is 1.96. The molecule has 2 nitrogen and oxygen atoms in total. The Kier molecular flexibility index (Phi) is 2.83. The molecule has 12 heavy (non-hydrogen) atoms. The van der Waals surface area contributed by atoms with Gasteiger partial charge in [-0.1, -0.05) is 23.2 Å². The van der Waals surface area contributed by atoms with Crippen LogP contribution in [0.15, 0.2) is 12.1 Å². The number of nitrogens with two attached hydrogens (primary N) is 1. The molecule has 0 aliphatic heterocycles. The standard InChI is InChI=1S/C7H4Cl3NO/c8-3-1-4(7(10)12)6(11)5(9)2-3/h1-2H,11H2. The number of carbonyl (C=O) groups is 1. The molecule has 1 aromatic carbocycles. The van der Waals surface area contributed by atoms with Gasteiger partial charge in [-0.25, -0.2) is 0 Å². The lowest BCUT2D eigenvalue weighted by Gasteiger charge is -2.02. The van der Waals surface area contributed by atoms with Crippen molar-refractivity contribution in [2.75, 3.05) is 5.73 Å². The first kappa shape index (κ1) is 9.65. The minimum atomic E-state index is -0.670. The number of benzene rings is 1. The number of nitrogen functional groups attached to an aromatic ring is 1. The molecule has 5 heteroatoms. The third-order valence-corrected chi connectivity index (χ3v) is 2.04. The Morgan fingerprint density at radius 2 is 1.92 bits per heavy atom. The van der Waals surface area contributed by atoms with E-state index in [1.54, 1.807) is 0 Å². The van der Waals surface area contributed by atoms with Gasteiger partial charge in [0.15, 0.2) is 0 Å². The largest absolute Gasteiger partial charge is 0.397 e. The number of anilines is 1. The van der Waals surface area contributed by atoms with E-state index in [0.717, 1.165) is 0 Å². The molecule has 0 spiro atoms. The van der Waals surface area contributed by atoms with E-state index in [-0.39, 0.29) is 16.3 Å². The van der Waals surface area contributed by atoms with Crippen molar-refractivity contribution in [2.24, 2.45) is 0 Å². The molecule has 0 unspecified atom stereocenters. The second-order valence-corrected chi connectivity index (χ2v) is 3.31. The second kappa shape index (κ2) is 3.52. The van der Waals surface area contributed by atoms with Crippen LogP contribution in [0.3, 0.4) is 0 Å². The molecule has 0 bridgehead atoms. The molecule has 0 saturated carbocycles. The van der Waals surface area contributed by atoms with Crippen molar-refractivity contribution in [3.63, 3.8) is 0 Å². The fourth-order valence-electron chi connectivity index (χ4n) is 0.747. The Bertz CT molecular complexity index is 338. The Labute approximate surface area is 84.2 Å². The average molecular weight is 224 g/mol. The summed E-state index contributed by atoms with van der Waals surface area (Å²) < 4.78 is 0. The Morgan fingerprint density at radius 3 is 2.42 bits per heavy atom. The smallest absolute Gasteiger partial charge is 0.254 e. The summed E-state index contributed by atoms with van der Waals surface area (Å²) in [6.45, 7) is 0. The van der Waals surface area contributed by atoms with Crippen LogP contribution in [0.2, 0.25) is 10.0 Å². The summed E-state index contributed by atoms with van der Waals surface area (Å²) in [6, 6.07) is 2.82. The highest BCUT2D eigenvalue weighted by molar-refractivity contribution is 6.68. The van der Waals surface area contributed by atoms with Gasteiger partial charge in [0.1, 0.15) is 0 Å². The lowest BCUT2D eigenvalue weighted by Crippen LogP contribution is -1.98. The van der Waals surface area contributed by atoms with Crippen LogP contribution < -0.4 is 5.73 Å². The Hall–Kier alpha value is -0.440. The molecule has 0 heterocycles. The number of hydrogen-bond donors (Lipinski definition) is 1. The maximum atomic E-state index is 10.7. The lowest BCUT2D eigenvalue weighted by molar-refractivity contribution is 0.108. The fourth-order valence-corrected chi connectivity index (χ4v) is 1.40. The zero-order chi connectivity index (χ0) is 9.30. The highest BCUT2D eigenvalue weighted by atomic mass is 35.5. The number of hydrogen-bond acceptors (Lipinski definition) is 2. The molecule has 0 aliphatic carbocycles. The monoisotopic (exact) mass is 223 g/mol. The van der Waals surface area contributed by atoms with Gasteiger partial charge in [0.25, 0.3) is 5.24 Å². The van der Waals surface area contributed by atoms with E-state index in [4.69, 9.17) is 40.5 Å². The van der Waals surface area contributed by atoms with E-state index >= 15 is 0 Å². The van der Waals surface area contributed by atoms with Crippen molar-refractivity contribution in [3.8, 4) is 0 Å². The maximum Gasteiger partial charge on any atom is 0.254 e. The molecule has 0 amide bonds. The number of halogens is 3. The first-order chi connectivity index (χ1) is 5.52. The number of carbonyl (C=O) groups excluding carboxylic acids is 1. The first-order valence-corrected chi connectivity index (χ1v) is 4.10. The highest BCUT2D eigenvalue weighted by Gasteiger charge is 2.10. The van der Waals surface area contributed by atoms with Gasteiger partial charge in [-0.05, 0) is 23.7 Å². The summed E-state index contributed by atoms with van der Waals surface area (Å²) >= 11 is 16.5. The van der Waals surface area contributed by atoms with Crippen LogP contribution in [0, 0.1) is 0 Å². The second-order valence-electron chi connectivity index (χ2n) is 2.12.